The molecule has 1 saturated heterocycles. The third-order valence-corrected chi connectivity index (χ3v) is 5.09. The summed E-state index contributed by atoms with van der Waals surface area (Å²) in [5.74, 6) is -1.06. The Bertz CT molecular complexity index is 885. The van der Waals surface area contributed by atoms with Gasteiger partial charge in [0.05, 0.1) is 24.6 Å². The average Bonchev–Trinajstić information content (AvgIpc) is 2.73. The van der Waals surface area contributed by atoms with Gasteiger partial charge in [-0.3, -0.25) is 9.59 Å². The average molecular weight is 453 g/mol. The van der Waals surface area contributed by atoms with Crippen molar-refractivity contribution in [2.45, 2.75) is 38.7 Å². The van der Waals surface area contributed by atoms with E-state index in [1.807, 2.05) is 6.08 Å². The molecule has 10 heteroatoms. The molecule has 0 aromatic heterocycles. The number of nitrogens with one attached hydrogen (secondary N) is 2. The summed E-state index contributed by atoms with van der Waals surface area (Å²) >= 11 is 0. The van der Waals surface area contributed by atoms with Crippen LogP contribution in [0.25, 0.3) is 0 Å². The van der Waals surface area contributed by atoms with Gasteiger partial charge < -0.3 is 25.0 Å². The predicted molar refractivity (Wildman–Crippen MR) is 110 cm³/mol. The van der Waals surface area contributed by atoms with Crippen LogP contribution in [0.1, 0.15) is 25.3 Å². The lowest BCUT2D eigenvalue weighted by Crippen LogP contribution is -2.45. The summed E-state index contributed by atoms with van der Waals surface area (Å²) in [5.41, 5.74) is 1.31. The molecule has 0 radical (unpaired) electrons. The molecule has 2 aliphatic rings. The van der Waals surface area contributed by atoms with Crippen LogP contribution in [-0.2, 0) is 20.7 Å². The van der Waals surface area contributed by atoms with E-state index in [1.165, 1.54) is 18.2 Å². The van der Waals surface area contributed by atoms with Crippen LogP contribution in [0, 0.1) is 5.92 Å². The van der Waals surface area contributed by atoms with Gasteiger partial charge in [-0.05, 0) is 49.6 Å². The van der Waals surface area contributed by atoms with Crippen LogP contribution in [0.3, 0.4) is 0 Å². The van der Waals surface area contributed by atoms with Gasteiger partial charge in [0.25, 0.3) is 0 Å². The molecule has 2 N–H and O–H groups in total. The van der Waals surface area contributed by atoms with E-state index >= 15 is 0 Å². The van der Waals surface area contributed by atoms with Gasteiger partial charge in [0, 0.05) is 19.3 Å². The second-order valence-corrected chi connectivity index (χ2v) is 7.55. The van der Waals surface area contributed by atoms with Crippen molar-refractivity contribution >= 4 is 11.9 Å². The number of carbonyl (C=O) groups excluding carboxylic acids is 2. The number of ether oxygens (including phenoxy) is 2. The molecule has 0 aliphatic carbocycles. The summed E-state index contributed by atoms with van der Waals surface area (Å²) in [6.45, 7) is 3.54. The molecule has 1 aromatic carbocycles. The van der Waals surface area contributed by atoms with Crippen LogP contribution in [0.15, 0.2) is 48.3 Å². The normalized spacial score (nSPS) is 20.8. The van der Waals surface area contributed by atoms with Gasteiger partial charge in [0.1, 0.15) is 11.9 Å². The van der Waals surface area contributed by atoms with Crippen molar-refractivity contribution < 1.29 is 32.2 Å². The number of amides is 1. The Morgan fingerprint density at radius 1 is 1.31 bits per heavy atom. The summed E-state index contributed by atoms with van der Waals surface area (Å²) in [6, 6.07) is 5.33. The van der Waals surface area contributed by atoms with Gasteiger partial charge >= 0.3 is 12.3 Å². The minimum atomic E-state index is -4.79. The van der Waals surface area contributed by atoms with E-state index in [9.17, 15) is 22.8 Å². The highest BCUT2D eigenvalue weighted by Crippen LogP contribution is 2.24. The Labute approximate surface area is 184 Å². The van der Waals surface area contributed by atoms with Crippen LogP contribution < -0.4 is 15.4 Å². The van der Waals surface area contributed by atoms with Crippen molar-refractivity contribution in [2.24, 2.45) is 5.92 Å². The molecule has 2 unspecified atom stereocenters. The molecule has 1 fully saturated rings. The highest BCUT2D eigenvalue weighted by atomic mass is 19.4. The summed E-state index contributed by atoms with van der Waals surface area (Å²) in [6.07, 6.45) is 1.77. The first-order chi connectivity index (χ1) is 15.2. The van der Waals surface area contributed by atoms with Gasteiger partial charge in [-0.1, -0.05) is 12.1 Å². The zero-order valence-corrected chi connectivity index (χ0v) is 17.7. The van der Waals surface area contributed by atoms with Crippen molar-refractivity contribution in [3.8, 4) is 5.75 Å². The molecule has 7 nitrogen and oxygen atoms in total. The summed E-state index contributed by atoms with van der Waals surface area (Å²) in [7, 11) is 0. The molecular weight excluding hydrogens is 427 g/mol. The van der Waals surface area contributed by atoms with Gasteiger partial charge in [-0.2, -0.15) is 0 Å². The van der Waals surface area contributed by atoms with E-state index in [4.69, 9.17) is 4.74 Å². The number of allylic oxidation sites excluding steroid dienone is 1. The topological polar surface area (TPSA) is 79.9 Å². The second-order valence-electron chi connectivity index (χ2n) is 7.55. The first kappa shape index (κ1) is 23.5. The fraction of sp³-hybridized carbons (Fsp3) is 0.455. The van der Waals surface area contributed by atoms with E-state index in [0.29, 0.717) is 18.7 Å². The molecule has 2 aliphatic heterocycles. The van der Waals surface area contributed by atoms with Crippen LogP contribution in [0.2, 0.25) is 0 Å². The number of hydrogen-bond acceptors (Lipinski definition) is 6. The molecule has 2 atom stereocenters. The first-order valence-electron chi connectivity index (χ1n) is 10.4. The minimum absolute atomic E-state index is 0.0923. The highest BCUT2D eigenvalue weighted by Gasteiger charge is 2.31. The zero-order chi connectivity index (χ0) is 23.1. The van der Waals surface area contributed by atoms with E-state index in [2.05, 4.69) is 20.3 Å². The van der Waals surface area contributed by atoms with E-state index in [0.717, 1.165) is 25.1 Å². The number of dihydropyridines is 1. The highest BCUT2D eigenvalue weighted by molar-refractivity contribution is 5.79. The Morgan fingerprint density at radius 3 is 2.81 bits per heavy atom. The molecule has 1 aromatic rings. The van der Waals surface area contributed by atoms with Crippen molar-refractivity contribution in [2.75, 3.05) is 19.7 Å². The van der Waals surface area contributed by atoms with Crippen molar-refractivity contribution in [1.82, 2.24) is 15.5 Å². The number of carbonyl (C=O) groups is 2. The third kappa shape index (κ3) is 6.93. The predicted octanol–water partition coefficient (Wildman–Crippen LogP) is 2.85. The second kappa shape index (κ2) is 10.4. The number of esters is 1. The fourth-order valence-corrected chi connectivity index (χ4v) is 3.69. The number of halogens is 3. The maximum atomic E-state index is 12.4. The fourth-order valence-electron chi connectivity index (χ4n) is 3.69. The molecule has 174 valence electrons. The third-order valence-electron chi connectivity index (χ3n) is 5.09. The summed E-state index contributed by atoms with van der Waals surface area (Å²) in [4.78, 5) is 26.4. The van der Waals surface area contributed by atoms with Gasteiger partial charge in [0.15, 0.2) is 0 Å². The maximum absolute atomic E-state index is 12.4. The quantitative estimate of drug-likeness (QED) is 0.619. The molecule has 0 bridgehead atoms. The van der Waals surface area contributed by atoms with Crippen molar-refractivity contribution in [3.63, 3.8) is 0 Å². The van der Waals surface area contributed by atoms with E-state index in [1.54, 1.807) is 25.3 Å². The van der Waals surface area contributed by atoms with Crippen LogP contribution in [0.4, 0.5) is 13.2 Å². The zero-order valence-electron chi connectivity index (χ0n) is 17.7. The van der Waals surface area contributed by atoms with Crippen LogP contribution in [-0.4, -0.2) is 49.0 Å². The number of rotatable bonds is 7. The first-order valence-corrected chi connectivity index (χ1v) is 10.4. The Balaban J connectivity index is 1.49. The standard InChI is InChI=1S/C22H26F3N3O4/c1-2-31-21(30)16-6-4-10-28(14-16)17-8-9-19(26-13-17)27-20(29)12-15-5-3-7-18(11-15)32-22(23,24)25/h3,5,7-9,11,13,16,19,26H,2,4,6,10,12,14H2,1H3,(H,27,29). The monoisotopic (exact) mass is 453 g/mol. The van der Waals surface area contributed by atoms with E-state index in [-0.39, 0.29) is 30.0 Å². The van der Waals surface area contributed by atoms with Crippen molar-refractivity contribution in [3.05, 3.63) is 53.9 Å². The molecule has 1 amide bonds. The number of piperidine rings is 1. The lowest BCUT2D eigenvalue weighted by atomic mass is 9.97. The van der Waals surface area contributed by atoms with Crippen LogP contribution >= 0.6 is 0 Å². The van der Waals surface area contributed by atoms with Crippen LogP contribution in [0.5, 0.6) is 5.75 Å². The molecular formula is C22H26F3N3O4. The summed E-state index contributed by atoms with van der Waals surface area (Å²) < 4.78 is 46.1. The molecule has 2 heterocycles. The maximum Gasteiger partial charge on any atom is 0.573 e. The lowest BCUT2D eigenvalue weighted by molar-refractivity contribution is -0.274. The summed E-state index contributed by atoms with van der Waals surface area (Å²) in [5, 5.41) is 5.85. The molecule has 0 saturated carbocycles. The number of benzene rings is 1. The number of nitrogens with zero attached hydrogens (tertiary/aromatic N) is 1. The number of hydrogen-bond donors (Lipinski definition) is 2. The van der Waals surface area contributed by atoms with Gasteiger partial charge in [-0.15, -0.1) is 13.2 Å². The number of likely N-dealkylation sites (tertiary alicyclic amines) is 1. The van der Waals surface area contributed by atoms with Gasteiger partial charge in [-0.25, -0.2) is 0 Å². The number of alkyl halides is 3. The lowest BCUT2D eigenvalue weighted by Gasteiger charge is -2.35. The SMILES string of the molecule is CCOC(=O)C1CCCN(C2=CNC(NC(=O)Cc3cccc(OC(F)(F)F)c3)C=C2)C1. The molecule has 0 spiro atoms. The van der Waals surface area contributed by atoms with Crippen molar-refractivity contribution in [1.29, 1.82) is 0 Å². The Kier molecular flexibility index (Phi) is 7.66. The van der Waals surface area contributed by atoms with E-state index < -0.39 is 12.5 Å². The molecule has 32 heavy (non-hydrogen) atoms. The molecule has 3 rings (SSSR count). The Hall–Kier alpha value is -3.17. The largest absolute Gasteiger partial charge is 0.573 e. The minimum Gasteiger partial charge on any atom is -0.466 e. The smallest absolute Gasteiger partial charge is 0.466 e. The Morgan fingerprint density at radius 2 is 2.12 bits per heavy atom. The van der Waals surface area contributed by atoms with Gasteiger partial charge in [0.2, 0.25) is 5.91 Å².